The van der Waals surface area contributed by atoms with Crippen LogP contribution in [0.2, 0.25) is 0 Å². The van der Waals surface area contributed by atoms with Gasteiger partial charge in [0, 0.05) is 17.2 Å². The van der Waals surface area contributed by atoms with Crippen molar-refractivity contribution in [1.29, 1.82) is 0 Å². The summed E-state index contributed by atoms with van der Waals surface area (Å²) in [6.45, 7) is 1.92. The third-order valence-corrected chi connectivity index (χ3v) is 1.89. The van der Waals surface area contributed by atoms with Gasteiger partial charge in [0.15, 0.2) is 6.29 Å². The van der Waals surface area contributed by atoms with E-state index in [9.17, 15) is 14.0 Å². The Hall–Kier alpha value is -1.97. The van der Waals surface area contributed by atoms with Gasteiger partial charge in [0.2, 0.25) is 0 Å². The molecular weight excluding hydrogens is 211 g/mol. The highest BCUT2D eigenvalue weighted by Gasteiger charge is 2.05. The minimum atomic E-state index is -0.567. The number of benzene rings is 1. The summed E-state index contributed by atoms with van der Waals surface area (Å²) in [5, 5.41) is 0. The van der Waals surface area contributed by atoms with Crippen LogP contribution in [-0.2, 0) is 9.53 Å². The van der Waals surface area contributed by atoms with Gasteiger partial charge in [-0.3, -0.25) is 4.79 Å². The molecule has 16 heavy (non-hydrogen) atoms. The Labute approximate surface area is 92.5 Å². The van der Waals surface area contributed by atoms with Crippen LogP contribution < -0.4 is 0 Å². The van der Waals surface area contributed by atoms with Gasteiger partial charge in [0.05, 0.1) is 6.61 Å². The van der Waals surface area contributed by atoms with E-state index in [2.05, 4.69) is 4.74 Å². The van der Waals surface area contributed by atoms with Crippen LogP contribution >= 0.6 is 0 Å². The Morgan fingerprint density at radius 3 is 2.88 bits per heavy atom. The molecule has 0 aliphatic rings. The van der Waals surface area contributed by atoms with Crippen molar-refractivity contribution in [2.24, 2.45) is 0 Å². The molecule has 0 saturated heterocycles. The molecule has 0 spiro atoms. The van der Waals surface area contributed by atoms with Crippen molar-refractivity contribution < 1.29 is 18.7 Å². The van der Waals surface area contributed by atoms with Crippen LogP contribution in [0, 0.1) is 5.82 Å². The zero-order valence-electron chi connectivity index (χ0n) is 8.77. The number of carbonyl (C=O) groups excluding carboxylic acids is 2. The molecule has 84 valence electrons. The molecule has 0 aromatic heterocycles. The molecule has 0 fully saturated rings. The number of halogens is 1. The first-order chi connectivity index (χ1) is 7.69. The van der Waals surface area contributed by atoms with Crippen molar-refractivity contribution in [3.05, 3.63) is 41.2 Å². The van der Waals surface area contributed by atoms with Crippen molar-refractivity contribution >= 4 is 18.3 Å². The van der Waals surface area contributed by atoms with Gasteiger partial charge in [0.25, 0.3) is 0 Å². The second-order valence-corrected chi connectivity index (χ2v) is 2.95. The number of carbonyl (C=O) groups is 2. The van der Waals surface area contributed by atoms with E-state index in [1.807, 2.05) is 0 Å². The second-order valence-electron chi connectivity index (χ2n) is 2.95. The van der Waals surface area contributed by atoms with Crippen molar-refractivity contribution in [1.82, 2.24) is 0 Å². The number of aldehydes is 1. The molecule has 0 heterocycles. The average Bonchev–Trinajstić information content (AvgIpc) is 2.27. The molecular formula is C12H11FO3. The summed E-state index contributed by atoms with van der Waals surface area (Å²) in [4.78, 5) is 21.6. The fourth-order valence-corrected chi connectivity index (χ4v) is 1.17. The van der Waals surface area contributed by atoms with Gasteiger partial charge in [-0.1, -0.05) is 12.1 Å². The maximum atomic E-state index is 13.3. The smallest absolute Gasteiger partial charge is 0.330 e. The number of rotatable bonds is 4. The van der Waals surface area contributed by atoms with Crippen LogP contribution in [0.25, 0.3) is 6.08 Å². The summed E-state index contributed by atoms with van der Waals surface area (Å²) >= 11 is 0. The van der Waals surface area contributed by atoms with E-state index in [0.717, 1.165) is 6.08 Å². The number of hydrogen-bond acceptors (Lipinski definition) is 3. The van der Waals surface area contributed by atoms with Crippen molar-refractivity contribution in [3.8, 4) is 0 Å². The van der Waals surface area contributed by atoms with Crippen LogP contribution in [0.3, 0.4) is 0 Å². The normalized spacial score (nSPS) is 10.4. The molecule has 1 aromatic carbocycles. The number of esters is 1. The molecule has 0 atom stereocenters. The first kappa shape index (κ1) is 12.1. The van der Waals surface area contributed by atoms with Crippen molar-refractivity contribution in [3.63, 3.8) is 0 Å². The molecule has 0 saturated carbocycles. The predicted molar refractivity (Wildman–Crippen MR) is 57.5 cm³/mol. The van der Waals surface area contributed by atoms with Crippen LogP contribution in [0.4, 0.5) is 4.39 Å². The van der Waals surface area contributed by atoms with Crippen molar-refractivity contribution in [2.75, 3.05) is 6.61 Å². The first-order valence-electron chi connectivity index (χ1n) is 4.77. The van der Waals surface area contributed by atoms with E-state index in [-0.39, 0.29) is 17.7 Å². The number of hydrogen-bond donors (Lipinski definition) is 0. The highest BCUT2D eigenvalue weighted by molar-refractivity contribution is 5.90. The lowest BCUT2D eigenvalue weighted by atomic mass is 10.1. The molecule has 0 aliphatic heterocycles. The van der Waals surface area contributed by atoms with Crippen LogP contribution in [-0.4, -0.2) is 18.9 Å². The summed E-state index contributed by atoms with van der Waals surface area (Å²) in [6.07, 6.45) is 2.86. The van der Waals surface area contributed by atoms with E-state index in [4.69, 9.17) is 0 Å². The summed E-state index contributed by atoms with van der Waals surface area (Å²) in [7, 11) is 0. The van der Waals surface area contributed by atoms with Gasteiger partial charge in [-0.25, -0.2) is 9.18 Å². The van der Waals surface area contributed by atoms with Gasteiger partial charge in [0.1, 0.15) is 5.82 Å². The minimum Gasteiger partial charge on any atom is -0.463 e. The summed E-state index contributed by atoms with van der Waals surface area (Å²) in [5.41, 5.74) is 0.283. The maximum absolute atomic E-state index is 13.3. The molecule has 0 amide bonds. The van der Waals surface area contributed by atoms with E-state index in [1.165, 1.54) is 24.3 Å². The predicted octanol–water partition coefficient (Wildman–Crippen LogP) is 2.21. The molecule has 0 radical (unpaired) electrons. The zero-order valence-corrected chi connectivity index (χ0v) is 8.77. The molecule has 3 nitrogen and oxygen atoms in total. The third kappa shape index (κ3) is 3.02. The van der Waals surface area contributed by atoms with E-state index < -0.39 is 11.8 Å². The van der Waals surface area contributed by atoms with Gasteiger partial charge < -0.3 is 4.74 Å². The second kappa shape index (κ2) is 5.80. The molecule has 0 aliphatic carbocycles. The average molecular weight is 222 g/mol. The molecule has 0 unspecified atom stereocenters. The first-order valence-corrected chi connectivity index (χ1v) is 4.77. The highest BCUT2D eigenvalue weighted by atomic mass is 19.1. The van der Waals surface area contributed by atoms with Gasteiger partial charge >= 0.3 is 5.97 Å². The summed E-state index contributed by atoms with van der Waals surface area (Å²) < 4.78 is 18.0. The lowest BCUT2D eigenvalue weighted by Crippen LogP contribution is -1.99. The van der Waals surface area contributed by atoms with E-state index in [0.29, 0.717) is 6.29 Å². The Balaban J connectivity index is 2.95. The SMILES string of the molecule is CCOC(=O)C=Cc1c(F)cccc1C=O. The molecule has 4 heteroatoms. The largest absolute Gasteiger partial charge is 0.463 e. The summed E-state index contributed by atoms with van der Waals surface area (Å²) in [5.74, 6) is -1.12. The van der Waals surface area contributed by atoms with Crippen molar-refractivity contribution in [2.45, 2.75) is 6.92 Å². The van der Waals surface area contributed by atoms with Gasteiger partial charge in [-0.15, -0.1) is 0 Å². The molecule has 0 bridgehead atoms. The zero-order chi connectivity index (χ0) is 12.0. The van der Waals surface area contributed by atoms with Crippen LogP contribution in [0.15, 0.2) is 24.3 Å². The molecule has 1 aromatic rings. The molecule has 1 rings (SSSR count). The maximum Gasteiger partial charge on any atom is 0.330 e. The van der Waals surface area contributed by atoms with Gasteiger partial charge in [-0.05, 0) is 19.1 Å². The molecule has 0 N–H and O–H groups in total. The fourth-order valence-electron chi connectivity index (χ4n) is 1.17. The third-order valence-electron chi connectivity index (χ3n) is 1.89. The van der Waals surface area contributed by atoms with E-state index in [1.54, 1.807) is 6.92 Å². The fraction of sp³-hybridized carbons (Fsp3) is 0.167. The monoisotopic (exact) mass is 222 g/mol. The Morgan fingerprint density at radius 1 is 1.50 bits per heavy atom. The standard InChI is InChI=1S/C12H11FO3/c1-2-16-12(15)7-6-10-9(8-14)4-3-5-11(10)13/h3-8H,2H2,1H3. The minimum absolute atomic E-state index is 0.0885. The highest BCUT2D eigenvalue weighted by Crippen LogP contribution is 2.13. The van der Waals surface area contributed by atoms with Gasteiger partial charge in [-0.2, -0.15) is 0 Å². The lowest BCUT2D eigenvalue weighted by Gasteiger charge is -2.00. The Kier molecular flexibility index (Phi) is 4.39. The van der Waals surface area contributed by atoms with Crippen LogP contribution in [0.1, 0.15) is 22.8 Å². The quantitative estimate of drug-likeness (QED) is 0.445. The van der Waals surface area contributed by atoms with E-state index >= 15 is 0 Å². The Bertz CT molecular complexity index is 424. The van der Waals surface area contributed by atoms with Crippen LogP contribution in [0.5, 0.6) is 0 Å². The topological polar surface area (TPSA) is 43.4 Å². The lowest BCUT2D eigenvalue weighted by molar-refractivity contribution is -0.137. The Morgan fingerprint density at radius 2 is 2.25 bits per heavy atom. The number of ether oxygens (including phenoxy) is 1. The summed E-state index contributed by atoms with van der Waals surface area (Å²) in [6, 6.07) is 4.12.